The average molecular weight is 338 g/mol. The Labute approximate surface area is 124 Å². The van der Waals surface area contributed by atoms with Crippen LogP contribution in [0.15, 0.2) is 41.0 Å². The van der Waals surface area contributed by atoms with Crippen LogP contribution in [0.1, 0.15) is 10.4 Å². The van der Waals surface area contributed by atoms with Crippen molar-refractivity contribution in [2.24, 2.45) is 0 Å². The van der Waals surface area contributed by atoms with Crippen LogP contribution in [0.3, 0.4) is 0 Å². The zero-order chi connectivity index (χ0) is 14.7. The summed E-state index contributed by atoms with van der Waals surface area (Å²) >= 11 is 3.06. The number of hydrogen-bond acceptors (Lipinski definition) is 3. The Balaban J connectivity index is 2.31. The molecule has 0 saturated carbocycles. The minimum absolute atomic E-state index is 0.0204. The van der Waals surface area contributed by atoms with Crippen LogP contribution in [0.4, 0.5) is 15.9 Å². The summed E-state index contributed by atoms with van der Waals surface area (Å²) in [6.07, 6.45) is 1.63. The molecule has 0 bridgehead atoms. The molecule has 2 rings (SSSR count). The summed E-state index contributed by atoms with van der Waals surface area (Å²) in [5.41, 5.74) is 0.509. The molecule has 104 valence electrons. The summed E-state index contributed by atoms with van der Waals surface area (Å²) in [6, 6.07) is 8.01. The van der Waals surface area contributed by atoms with Gasteiger partial charge in [-0.2, -0.15) is 0 Å². The Morgan fingerprint density at radius 3 is 2.75 bits per heavy atom. The standard InChI is InChI=1S/C14H13BrFN3O/c1-19(2)13-11(7-4-8-17-13)18-14(20)9-5-3-6-10(15)12(9)16/h3-8H,1-2H3,(H,18,20). The van der Waals surface area contributed by atoms with E-state index in [0.717, 1.165) is 0 Å². The lowest BCUT2D eigenvalue weighted by atomic mass is 10.2. The minimum Gasteiger partial charge on any atom is -0.361 e. The van der Waals surface area contributed by atoms with Gasteiger partial charge in [-0.3, -0.25) is 4.79 Å². The summed E-state index contributed by atoms with van der Waals surface area (Å²) in [4.78, 5) is 18.1. The third-order valence-electron chi connectivity index (χ3n) is 2.65. The van der Waals surface area contributed by atoms with Crippen molar-refractivity contribution in [3.05, 3.63) is 52.4 Å². The van der Waals surface area contributed by atoms with Crippen LogP contribution in [0, 0.1) is 5.82 Å². The molecule has 0 spiro atoms. The first-order valence-electron chi connectivity index (χ1n) is 5.88. The lowest BCUT2D eigenvalue weighted by molar-refractivity contribution is 0.102. The van der Waals surface area contributed by atoms with Crippen LogP contribution in [0.25, 0.3) is 0 Å². The highest BCUT2D eigenvalue weighted by atomic mass is 79.9. The highest BCUT2D eigenvalue weighted by Crippen LogP contribution is 2.23. The van der Waals surface area contributed by atoms with E-state index in [0.29, 0.717) is 11.5 Å². The van der Waals surface area contributed by atoms with Gasteiger partial charge >= 0.3 is 0 Å². The van der Waals surface area contributed by atoms with E-state index in [2.05, 4.69) is 26.2 Å². The van der Waals surface area contributed by atoms with Crippen LogP contribution < -0.4 is 10.2 Å². The second-order valence-electron chi connectivity index (χ2n) is 4.32. The van der Waals surface area contributed by atoms with E-state index in [1.54, 1.807) is 35.4 Å². The molecule has 0 saturated heterocycles. The fraction of sp³-hybridized carbons (Fsp3) is 0.143. The number of rotatable bonds is 3. The van der Waals surface area contributed by atoms with Gasteiger partial charge in [-0.15, -0.1) is 0 Å². The van der Waals surface area contributed by atoms with Crippen molar-refractivity contribution >= 4 is 33.3 Å². The molecule has 1 N–H and O–H groups in total. The average Bonchev–Trinajstić information content (AvgIpc) is 2.42. The smallest absolute Gasteiger partial charge is 0.258 e. The van der Waals surface area contributed by atoms with Crippen molar-refractivity contribution in [1.29, 1.82) is 0 Å². The number of nitrogens with one attached hydrogen (secondary N) is 1. The molecule has 20 heavy (non-hydrogen) atoms. The molecular formula is C14H13BrFN3O. The first kappa shape index (κ1) is 14.5. The molecule has 4 nitrogen and oxygen atoms in total. The zero-order valence-electron chi connectivity index (χ0n) is 11.0. The van der Waals surface area contributed by atoms with E-state index in [1.165, 1.54) is 6.07 Å². The van der Waals surface area contributed by atoms with Gasteiger partial charge in [-0.25, -0.2) is 9.37 Å². The summed E-state index contributed by atoms with van der Waals surface area (Å²) in [6.45, 7) is 0. The van der Waals surface area contributed by atoms with Gasteiger partial charge in [0.15, 0.2) is 5.82 Å². The van der Waals surface area contributed by atoms with E-state index in [1.807, 2.05) is 14.1 Å². The van der Waals surface area contributed by atoms with E-state index >= 15 is 0 Å². The lowest BCUT2D eigenvalue weighted by Crippen LogP contribution is -2.18. The van der Waals surface area contributed by atoms with E-state index in [9.17, 15) is 9.18 Å². The van der Waals surface area contributed by atoms with Gasteiger partial charge in [0.25, 0.3) is 5.91 Å². The molecule has 0 unspecified atom stereocenters. The summed E-state index contributed by atoms with van der Waals surface area (Å²) in [7, 11) is 3.63. The molecule has 1 amide bonds. The van der Waals surface area contributed by atoms with Crippen molar-refractivity contribution in [2.45, 2.75) is 0 Å². The van der Waals surface area contributed by atoms with E-state index in [4.69, 9.17) is 0 Å². The predicted octanol–water partition coefficient (Wildman–Crippen LogP) is 3.30. The van der Waals surface area contributed by atoms with Gasteiger partial charge in [-0.1, -0.05) is 6.07 Å². The topological polar surface area (TPSA) is 45.2 Å². The largest absolute Gasteiger partial charge is 0.361 e. The molecule has 2 aromatic rings. The zero-order valence-corrected chi connectivity index (χ0v) is 12.6. The van der Waals surface area contributed by atoms with E-state index < -0.39 is 11.7 Å². The summed E-state index contributed by atoms with van der Waals surface area (Å²) in [5, 5.41) is 2.67. The second-order valence-corrected chi connectivity index (χ2v) is 5.18. The number of pyridine rings is 1. The maximum atomic E-state index is 13.9. The van der Waals surface area contributed by atoms with Crippen LogP contribution in [-0.2, 0) is 0 Å². The lowest BCUT2D eigenvalue weighted by Gasteiger charge is -2.16. The molecule has 0 aliphatic heterocycles. The fourth-order valence-corrected chi connectivity index (χ4v) is 2.09. The molecule has 6 heteroatoms. The monoisotopic (exact) mass is 337 g/mol. The van der Waals surface area contributed by atoms with Gasteiger partial charge in [0.05, 0.1) is 15.7 Å². The summed E-state index contributed by atoms with van der Waals surface area (Å²) in [5.74, 6) is -0.489. The van der Waals surface area contributed by atoms with Crippen molar-refractivity contribution in [3.63, 3.8) is 0 Å². The number of halogens is 2. The maximum Gasteiger partial charge on any atom is 0.258 e. The SMILES string of the molecule is CN(C)c1ncccc1NC(=O)c1cccc(Br)c1F. The third kappa shape index (κ3) is 2.96. The van der Waals surface area contributed by atoms with Crippen molar-refractivity contribution in [1.82, 2.24) is 4.98 Å². The van der Waals surface area contributed by atoms with E-state index in [-0.39, 0.29) is 10.0 Å². The number of amides is 1. The maximum absolute atomic E-state index is 13.9. The minimum atomic E-state index is -0.583. The highest BCUT2D eigenvalue weighted by Gasteiger charge is 2.16. The van der Waals surface area contributed by atoms with Gasteiger partial charge in [0, 0.05) is 20.3 Å². The quantitative estimate of drug-likeness (QED) is 0.934. The van der Waals surface area contributed by atoms with Crippen LogP contribution in [0.2, 0.25) is 0 Å². The Morgan fingerprint density at radius 2 is 2.05 bits per heavy atom. The molecule has 0 aliphatic carbocycles. The molecule has 0 fully saturated rings. The number of hydrogen-bond donors (Lipinski definition) is 1. The summed E-state index contributed by atoms with van der Waals surface area (Å²) < 4.78 is 14.1. The number of carbonyl (C=O) groups is 1. The van der Waals surface area contributed by atoms with Crippen molar-refractivity contribution in [2.75, 3.05) is 24.3 Å². The molecule has 1 heterocycles. The highest BCUT2D eigenvalue weighted by molar-refractivity contribution is 9.10. The number of aromatic nitrogens is 1. The van der Waals surface area contributed by atoms with Crippen LogP contribution >= 0.6 is 15.9 Å². The van der Waals surface area contributed by atoms with Gasteiger partial charge < -0.3 is 10.2 Å². The van der Waals surface area contributed by atoms with Gasteiger partial charge in [0.2, 0.25) is 0 Å². The Kier molecular flexibility index (Phi) is 4.34. The van der Waals surface area contributed by atoms with Crippen molar-refractivity contribution < 1.29 is 9.18 Å². The first-order valence-corrected chi connectivity index (χ1v) is 6.67. The number of benzene rings is 1. The second kappa shape index (κ2) is 6.00. The Bertz CT molecular complexity index is 646. The normalized spacial score (nSPS) is 10.2. The molecule has 0 radical (unpaired) electrons. The Hall–Kier alpha value is -1.95. The molecule has 1 aromatic heterocycles. The molecular weight excluding hydrogens is 325 g/mol. The Morgan fingerprint density at radius 1 is 1.30 bits per heavy atom. The third-order valence-corrected chi connectivity index (χ3v) is 3.27. The number of nitrogens with zero attached hydrogens (tertiary/aromatic N) is 2. The van der Waals surface area contributed by atoms with Crippen molar-refractivity contribution in [3.8, 4) is 0 Å². The number of anilines is 2. The van der Waals surface area contributed by atoms with Crippen LogP contribution in [0.5, 0.6) is 0 Å². The number of carbonyl (C=O) groups excluding carboxylic acids is 1. The fourth-order valence-electron chi connectivity index (χ4n) is 1.72. The molecule has 0 aliphatic rings. The molecule has 1 aromatic carbocycles. The first-order chi connectivity index (χ1) is 9.50. The predicted molar refractivity (Wildman–Crippen MR) is 80.6 cm³/mol. The van der Waals surface area contributed by atoms with Gasteiger partial charge in [0.1, 0.15) is 5.82 Å². The van der Waals surface area contributed by atoms with Crippen LogP contribution in [-0.4, -0.2) is 25.0 Å². The molecule has 0 atom stereocenters. The van der Waals surface area contributed by atoms with Gasteiger partial charge in [-0.05, 0) is 40.2 Å².